The Bertz CT molecular complexity index is 543. The van der Waals surface area contributed by atoms with Crippen LogP contribution in [0.3, 0.4) is 0 Å². The molecule has 0 aliphatic heterocycles. The molecule has 1 aromatic heterocycles. The molecule has 0 aliphatic carbocycles. The molecule has 0 spiro atoms. The number of hydrogen-bond donors (Lipinski definition) is 0. The molecule has 0 N–H and O–H groups in total. The van der Waals surface area contributed by atoms with Crippen molar-refractivity contribution in [3.63, 3.8) is 0 Å². The third-order valence-corrected chi connectivity index (χ3v) is 4.15. The molecule has 0 atom stereocenters. The standard InChI is InChI=1S/C14H13BrO2S/c1-9(2)17-11-5-3-10(4-6-11)13(16)14-12(15)7-8-18-14/h3-9H,1-2H3. The van der Waals surface area contributed by atoms with Gasteiger partial charge in [0.05, 0.1) is 11.0 Å². The molecule has 0 amide bonds. The van der Waals surface area contributed by atoms with Gasteiger partial charge < -0.3 is 4.74 Å². The fourth-order valence-electron chi connectivity index (χ4n) is 1.54. The summed E-state index contributed by atoms with van der Waals surface area (Å²) in [4.78, 5) is 12.9. The highest BCUT2D eigenvalue weighted by Crippen LogP contribution is 2.26. The van der Waals surface area contributed by atoms with Crippen LogP contribution < -0.4 is 4.74 Å². The lowest BCUT2D eigenvalue weighted by Gasteiger charge is -2.09. The highest BCUT2D eigenvalue weighted by Gasteiger charge is 2.13. The van der Waals surface area contributed by atoms with Crippen molar-refractivity contribution < 1.29 is 9.53 Å². The van der Waals surface area contributed by atoms with Crippen LogP contribution >= 0.6 is 27.3 Å². The fraction of sp³-hybridized carbons (Fsp3) is 0.214. The number of halogens is 1. The Morgan fingerprint density at radius 1 is 1.22 bits per heavy atom. The number of benzene rings is 1. The van der Waals surface area contributed by atoms with Gasteiger partial charge in [-0.15, -0.1) is 11.3 Å². The maximum absolute atomic E-state index is 12.2. The highest BCUT2D eigenvalue weighted by atomic mass is 79.9. The number of ketones is 1. The summed E-state index contributed by atoms with van der Waals surface area (Å²) in [6, 6.07) is 9.13. The molecule has 94 valence electrons. The molecule has 1 aromatic carbocycles. The minimum absolute atomic E-state index is 0.0352. The molecule has 2 aromatic rings. The summed E-state index contributed by atoms with van der Waals surface area (Å²) in [7, 11) is 0. The lowest BCUT2D eigenvalue weighted by atomic mass is 10.1. The molecular formula is C14H13BrO2S. The van der Waals surface area contributed by atoms with Gasteiger partial charge in [0, 0.05) is 10.0 Å². The maximum Gasteiger partial charge on any atom is 0.204 e. The van der Waals surface area contributed by atoms with Gasteiger partial charge in [-0.3, -0.25) is 4.79 Å². The van der Waals surface area contributed by atoms with Gasteiger partial charge >= 0.3 is 0 Å². The summed E-state index contributed by atoms with van der Waals surface area (Å²) >= 11 is 4.82. The van der Waals surface area contributed by atoms with E-state index in [9.17, 15) is 4.79 Å². The Labute approximate surface area is 119 Å². The van der Waals surface area contributed by atoms with Crippen LogP contribution in [0.2, 0.25) is 0 Å². The van der Waals surface area contributed by atoms with Crippen LogP contribution in [0.5, 0.6) is 5.75 Å². The van der Waals surface area contributed by atoms with E-state index in [-0.39, 0.29) is 11.9 Å². The SMILES string of the molecule is CC(C)Oc1ccc(C(=O)c2sccc2Br)cc1. The lowest BCUT2D eigenvalue weighted by Crippen LogP contribution is -2.06. The van der Waals surface area contributed by atoms with Crippen LogP contribution in [0, 0.1) is 0 Å². The zero-order valence-corrected chi connectivity index (χ0v) is 12.5. The average Bonchev–Trinajstić information content (AvgIpc) is 2.75. The van der Waals surface area contributed by atoms with Crippen molar-refractivity contribution >= 4 is 33.0 Å². The van der Waals surface area contributed by atoms with Gasteiger partial charge in [-0.1, -0.05) is 0 Å². The van der Waals surface area contributed by atoms with Gasteiger partial charge in [-0.05, 0) is 65.5 Å². The number of hydrogen-bond acceptors (Lipinski definition) is 3. The molecule has 0 aliphatic rings. The maximum atomic E-state index is 12.2. The van der Waals surface area contributed by atoms with Crippen molar-refractivity contribution in [2.24, 2.45) is 0 Å². The number of thiophene rings is 1. The topological polar surface area (TPSA) is 26.3 Å². The van der Waals surface area contributed by atoms with E-state index >= 15 is 0 Å². The first-order valence-corrected chi connectivity index (χ1v) is 7.29. The molecule has 0 fully saturated rings. The van der Waals surface area contributed by atoms with Gasteiger partial charge in [-0.2, -0.15) is 0 Å². The summed E-state index contributed by atoms with van der Waals surface area (Å²) < 4.78 is 6.39. The molecule has 1 heterocycles. The number of rotatable bonds is 4. The third-order valence-electron chi connectivity index (χ3n) is 2.31. The Morgan fingerprint density at radius 3 is 2.39 bits per heavy atom. The van der Waals surface area contributed by atoms with Crippen LogP contribution in [0.25, 0.3) is 0 Å². The minimum atomic E-state index is 0.0352. The molecule has 2 rings (SSSR count). The van der Waals surface area contributed by atoms with E-state index in [0.29, 0.717) is 5.56 Å². The zero-order valence-electron chi connectivity index (χ0n) is 10.1. The number of ether oxygens (including phenoxy) is 1. The van der Waals surface area contributed by atoms with Crippen LogP contribution in [0.4, 0.5) is 0 Å². The van der Waals surface area contributed by atoms with E-state index in [0.717, 1.165) is 15.1 Å². The van der Waals surface area contributed by atoms with Gasteiger partial charge in [-0.25, -0.2) is 0 Å². The molecule has 2 nitrogen and oxygen atoms in total. The van der Waals surface area contributed by atoms with Crippen molar-refractivity contribution in [1.82, 2.24) is 0 Å². The van der Waals surface area contributed by atoms with E-state index in [2.05, 4.69) is 15.9 Å². The largest absolute Gasteiger partial charge is 0.491 e. The van der Waals surface area contributed by atoms with E-state index in [1.165, 1.54) is 11.3 Å². The van der Waals surface area contributed by atoms with Crippen LogP contribution in [-0.2, 0) is 0 Å². The van der Waals surface area contributed by atoms with E-state index in [1.54, 1.807) is 12.1 Å². The third kappa shape index (κ3) is 3.00. The summed E-state index contributed by atoms with van der Waals surface area (Å²) in [6.45, 7) is 3.95. The van der Waals surface area contributed by atoms with Crippen molar-refractivity contribution in [2.75, 3.05) is 0 Å². The highest BCUT2D eigenvalue weighted by molar-refractivity contribution is 9.10. The first kappa shape index (κ1) is 13.3. The summed E-state index contributed by atoms with van der Waals surface area (Å²) in [5.41, 5.74) is 0.675. The minimum Gasteiger partial charge on any atom is -0.491 e. The van der Waals surface area contributed by atoms with Crippen molar-refractivity contribution in [1.29, 1.82) is 0 Å². The predicted molar refractivity (Wildman–Crippen MR) is 77.7 cm³/mol. The van der Waals surface area contributed by atoms with Crippen molar-refractivity contribution in [3.8, 4) is 5.75 Å². The molecule has 4 heteroatoms. The smallest absolute Gasteiger partial charge is 0.204 e. The normalized spacial score (nSPS) is 10.7. The summed E-state index contributed by atoms with van der Waals surface area (Å²) in [5.74, 6) is 0.819. The van der Waals surface area contributed by atoms with Crippen molar-refractivity contribution in [3.05, 3.63) is 50.6 Å². The second-order valence-electron chi connectivity index (χ2n) is 4.12. The fourth-order valence-corrected chi connectivity index (χ4v) is 3.06. The molecule has 0 radical (unpaired) electrons. The second-order valence-corrected chi connectivity index (χ2v) is 5.89. The van der Waals surface area contributed by atoms with Crippen LogP contribution in [0.1, 0.15) is 29.1 Å². The molecule has 18 heavy (non-hydrogen) atoms. The Hall–Kier alpha value is -1.13. The van der Waals surface area contributed by atoms with E-state index < -0.39 is 0 Å². The number of carbonyl (C=O) groups excluding carboxylic acids is 1. The molecule has 0 bridgehead atoms. The Kier molecular flexibility index (Phi) is 4.19. The van der Waals surface area contributed by atoms with E-state index in [4.69, 9.17) is 4.74 Å². The van der Waals surface area contributed by atoms with Crippen molar-refractivity contribution in [2.45, 2.75) is 20.0 Å². The molecule has 0 unspecified atom stereocenters. The summed E-state index contributed by atoms with van der Waals surface area (Å²) in [5, 5.41) is 1.90. The van der Waals surface area contributed by atoms with Gasteiger partial charge in [0.15, 0.2) is 0 Å². The Morgan fingerprint density at radius 2 is 1.89 bits per heavy atom. The predicted octanol–water partition coefficient (Wildman–Crippen LogP) is 4.53. The quantitative estimate of drug-likeness (QED) is 0.772. The van der Waals surface area contributed by atoms with E-state index in [1.807, 2.05) is 37.4 Å². The first-order chi connectivity index (χ1) is 8.58. The number of carbonyl (C=O) groups is 1. The van der Waals surface area contributed by atoms with Crippen LogP contribution in [0.15, 0.2) is 40.2 Å². The Balaban J connectivity index is 2.20. The van der Waals surface area contributed by atoms with Crippen LogP contribution in [-0.4, -0.2) is 11.9 Å². The molecule has 0 saturated carbocycles. The van der Waals surface area contributed by atoms with Gasteiger partial charge in [0.25, 0.3) is 0 Å². The lowest BCUT2D eigenvalue weighted by molar-refractivity contribution is 0.104. The molecular weight excluding hydrogens is 312 g/mol. The summed E-state index contributed by atoms with van der Waals surface area (Å²) in [6.07, 6.45) is 0.137. The zero-order chi connectivity index (χ0) is 13.1. The molecule has 0 saturated heterocycles. The van der Waals surface area contributed by atoms with Gasteiger partial charge in [0.1, 0.15) is 5.75 Å². The van der Waals surface area contributed by atoms with Gasteiger partial charge in [0.2, 0.25) is 5.78 Å². The second kappa shape index (κ2) is 5.67. The average molecular weight is 325 g/mol. The monoisotopic (exact) mass is 324 g/mol. The first-order valence-electron chi connectivity index (χ1n) is 5.62.